The van der Waals surface area contributed by atoms with Gasteiger partial charge in [0.15, 0.2) is 0 Å². The quantitative estimate of drug-likeness (QED) is 0.798. The number of methoxy groups -OCH3 is 1. The van der Waals surface area contributed by atoms with E-state index in [1.54, 1.807) is 48.5 Å². The summed E-state index contributed by atoms with van der Waals surface area (Å²) in [5.41, 5.74) is 0.871. The van der Waals surface area contributed by atoms with Crippen LogP contribution in [0, 0.1) is 0 Å². The molecular formula is C17H19ClN2O4S. The van der Waals surface area contributed by atoms with Crippen molar-refractivity contribution in [2.24, 2.45) is 0 Å². The van der Waals surface area contributed by atoms with E-state index < -0.39 is 10.0 Å². The summed E-state index contributed by atoms with van der Waals surface area (Å²) < 4.78 is 30.4. The average molecular weight is 383 g/mol. The highest BCUT2D eigenvalue weighted by atomic mass is 35.5. The molecule has 0 aliphatic carbocycles. The molecule has 0 aliphatic heterocycles. The molecule has 25 heavy (non-hydrogen) atoms. The second-order valence-corrected chi connectivity index (χ2v) is 7.60. The summed E-state index contributed by atoms with van der Waals surface area (Å²) in [5.74, 6) is 0.201. The summed E-state index contributed by atoms with van der Waals surface area (Å²) in [6, 6.07) is 13.6. The van der Waals surface area contributed by atoms with Crippen molar-refractivity contribution >= 4 is 38.9 Å². The summed E-state index contributed by atoms with van der Waals surface area (Å²) >= 11 is 6.09. The van der Waals surface area contributed by atoms with Gasteiger partial charge in [-0.1, -0.05) is 35.9 Å². The number of benzene rings is 2. The second kappa shape index (κ2) is 8.22. The fourth-order valence-electron chi connectivity index (χ4n) is 2.28. The van der Waals surface area contributed by atoms with Gasteiger partial charge in [-0.15, -0.1) is 0 Å². The van der Waals surface area contributed by atoms with Crippen LogP contribution in [0.2, 0.25) is 5.02 Å². The van der Waals surface area contributed by atoms with Gasteiger partial charge in [-0.05, 0) is 24.3 Å². The maximum absolute atomic E-state index is 12.2. The lowest BCUT2D eigenvalue weighted by Gasteiger charge is -2.23. The number of hydrogen-bond acceptors (Lipinski definition) is 4. The standard InChI is InChI=1S/C17H19ClN2O4S/c1-24-16-10-6-4-8-14(16)19-17(21)11-12-20(25(2,22)23)15-9-5-3-7-13(15)18/h3-10H,11-12H2,1-2H3,(H,19,21). The number of para-hydroxylation sites is 3. The van der Waals surface area contributed by atoms with Crippen molar-refractivity contribution in [3.05, 3.63) is 53.6 Å². The summed E-state index contributed by atoms with van der Waals surface area (Å²) in [6.45, 7) is -0.0243. The SMILES string of the molecule is COc1ccccc1NC(=O)CCN(c1ccccc1Cl)S(C)(=O)=O. The predicted octanol–water partition coefficient (Wildman–Crippen LogP) is 3.14. The topological polar surface area (TPSA) is 75.7 Å². The van der Waals surface area contributed by atoms with Gasteiger partial charge in [0.2, 0.25) is 15.9 Å². The van der Waals surface area contributed by atoms with Crippen LogP contribution in [0.5, 0.6) is 5.75 Å². The van der Waals surface area contributed by atoms with Gasteiger partial charge in [0, 0.05) is 13.0 Å². The molecule has 0 unspecified atom stereocenters. The molecule has 0 radical (unpaired) electrons. The Bertz CT molecular complexity index is 855. The number of hydrogen-bond donors (Lipinski definition) is 1. The molecule has 134 valence electrons. The van der Waals surface area contributed by atoms with Crippen LogP contribution in [0.3, 0.4) is 0 Å². The first kappa shape index (κ1) is 19.1. The third-order valence-electron chi connectivity index (χ3n) is 3.44. The molecule has 2 aromatic rings. The molecule has 8 heteroatoms. The molecule has 0 saturated carbocycles. The number of amides is 1. The number of carbonyl (C=O) groups excluding carboxylic acids is 1. The lowest BCUT2D eigenvalue weighted by molar-refractivity contribution is -0.116. The number of anilines is 2. The van der Waals surface area contributed by atoms with Crippen LogP contribution < -0.4 is 14.4 Å². The summed E-state index contributed by atoms with van der Waals surface area (Å²) in [7, 11) is -2.07. The lowest BCUT2D eigenvalue weighted by Crippen LogP contribution is -2.33. The minimum absolute atomic E-state index is 0.0243. The molecule has 0 atom stereocenters. The number of nitrogens with one attached hydrogen (secondary N) is 1. The molecule has 0 bridgehead atoms. The van der Waals surface area contributed by atoms with Crippen LogP contribution in [0.4, 0.5) is 11.4 Å². The summed E-state index contributed by atoms with van der Waals surface area (Å²) in [5, 5.41) is 3.02. The van der Waals surface area contributed by atoms with Crippen LogP contribution in [0.1, 0.15) is 6.42 Å². The van der Waals surface area contributed by atoms with Gasteiger partial charge < -0.3 is 10.1 Å². The average Bonchev–Trinajstić information content (AvgIpc) is 2.56. The molecule has 0 saturated heterocycles. The van der Waals surface area contributed by atoms with Crippen LogP contribution in [0.25, 0.3) is 0 Å². The monoisotopic (exact) mass is 382 g/mol. The molecule has 0 spiro atoms. The number of sulfonamides is 1. The second-order valence-electron chi connectivity index (χ2n) is 5.28. The van der Waals surface area contributed by atoms with E-state index in [9.17, 15) is 13.2 Å². The highest BCUT2D eigenvalue weighted by molar-refractivity contribution is 7.92. The zero-order chi connectivity index (χ0) is 18.4. The van der Waals surface area contributed by atoms with Crippen molar-refractivity contribution in [2.45, 2.75) is 6.42 Å². The van der Waals surface area contributed by atoms with Gasteiger partial charge in [0.1, 0.15) is 5.75 Å². The number of rotatable bonds is 7. The molecule has 2 aromatic carbocycles. The maximum atomic E-state index is 12.2. The van der Waals surface area contributed by atoms with Crippen LogP contribution in [-0.4, -0.2) is 34.2 Å². The van der Waals surface area contributed by atoms with E-state index in [1.165, 1.54) is 7.11 Å². The van der Waals surface area contributed by atoms with E-state index in [1.807, 2.05) is 0 Å². The van der Waals surface area contributed by atoms with Crippen molar-refractivity contribution < 1.29 is 17.9 Å². The van der Waals surface area contributed by atoms with E-state index in [4.69, 9.17) is 16.3 Å². The van der Waals surface area contributed by atoms with Gasteiger partial charge in [-0.2, -0.15) is 0 Å². The zero-order valence-electron chi connectivity index (χ0n) is 13.9. The van der Waals surface area contributed by atoms with E-state index in [0.717, 1.165) is 10.6 Å². The minimum Gasteiger partial charge on any atom is -0.495 e. The predicted molar refractivity (Wildman–Crippen MR) is 99.9 cm³/mol. The molecule has 0 aromatic heterocycles. The van der Waals surface area contributed by atoms with Gasteiger partial charge >= 0.3 is 0 Å². The Morgan fingerprint density at radius 2 is 1.80 bits per heavy atom. The molecular weight excluding hydrogens is 364 g/mol. The smallest absolute Gasteiger partial charge is 0.232 e. The number of nitrogens with zero attached hydrogens (tertiary/aromatic N) is 1. The third-order valence-corrected chi connectivity index (χ3v) is 4.94. The number of carbonyl (C=O) groups is 1. The van der Waals surface area contributed by atoms with Crippen LogP contribution in [0.15, 0.2) is 48.5 Å². The molecule has 0 heterocycles. The van der Waals surface area contributed by atoms with Gasteiger partial charge in [-0.25, -0.2) is 8.42 Å². The third kappa shape index (κ3) is 5.11. The summed E-state index contributed by atoms with van der Waals surface area (Å²) in [6.07, 6.45) is 1.05. The highest BCUT2D eigenvalue weighted by Gasteiger charge is 2.21. The largest absolute Gasteiger partial charge is 0.495 e. The van der Waals surface area contributed by atoms with Crippen molar-refractivity contribution in [3.8, 4) is 5.75 Å². The molecule has 2 rings (SSSR count). The number of halogens is 1. The Balaban J connectivity index is 2.11. The van der Waals surface area contributed by atoms with Crippen LogP contribution in [-0.2, 0) is 14.8 Å². The first-order valence-electron chi connectivity index (χ1n) is 7.48. The molecule has 0 aliphatic rings. The summed E-state index contributed by atoms with van der Waals surface area (Å²) in [4.78, 5) is 12.2. The Morgan fingerprint density at radius 3 is 2.44 bits per heavy atom. The van der Waals surface area contributed by atoms with Crippen molar-refractivity contribution in [1.29, 1.82) is 0 Å². The zero-order valence-corrected chi connectivity index (χ0v) is 15.5. The Morgan fingerprint density at radius 1 is 1.16 bits per heavy atom. The van der Waals surface area contributed by atoms with Crippen molar-refractivity contribution in [2.75, 3.05) is 29.5 Å². The lowest BCUT2D eigenvalue weighted by atomic mass is 10.2. The normalized spacial score (nSPS) is 11.0. The minimum atomic E-state index is -3.58. The van der Waals surface area contributed by atoms with Gasteiger partial charge in [-0.3, -0.25) is 9.10 Å². The first-order valence-corrected chi connectivity index (χ1v) is 9.70. The fraction of sp³-hybridized carbons (Fsp3) is 0.235. The number of ether oxygens (including phenoxy) is 1. The van der Waals surface area contributed by atoms with Gasteiger partial charge in [0.05, 0.1) is 29.8 Å². The van der Waals surface area contributed by atoms with E-state index in [0.29, 0.717) is 22.1 Å². The first-order chi connectivity index (χ1) is 11.8. The molecule has 6 nitrogen and oxygen atoms in total. The van der Waals surface area contributed by atoms with Crippen LogP contribution >= 0.6 is 11.6 Å². The van der Waals surface area contributed by atoms with E-state index >= 15 is 0 Å². The van der Waals surface area contributed by atoms with E-state index in [-0.39, 0.29) is 18.9 Å². The molecule has 1 N–H and O–H groups in total. The maximum Gasteiger partial charge on any atom is 0.232 e. The highest BCUT2D eigenvalue weighted by Crippen LogP contribution is 2.27. The van der Waals surface area contributed by atoms with Crippen molar-refractivity contribution in [3.63, 3.8) is 0 Å². The van der Waals surface area contributed by atoms with Crippen molar-refractivity contribution in [1.82, 2.24) is 0 Å². The fourth-order valence-corrected chi connectivity index (χ4v) is 3.51. The Kier molecular flexibility index (Phi) is 6.27. The Labute approximate surface area is 152 Å². The molecule has 1 amide bonds. The Hall–Kier alpha value is -2.25. The molecule has 0 fully saturated rings. The van der Waals surface area contributed by atoms with E-state index in [2.05, 4.69) is 5.32 Å². The van der Waals surface area contributed by atoms with Gasteiger partial charge in [0.25, 0.3) is 0 Å².